The summed E-state index contributed by atoms with van der Waals surface area (Å²) in [7, 11) is 0. The highest BCUT2D eigenvalue weighted by molar-refractivity contribution is 5.90. The van der Waals surface area contributed by atoms with Crippen molar-refractivity contribution < 1.29 is 24.0 Å². The molecule has 2 heterocycles. The lowest BCUT2D eigenvalue weighted by Crippen LogP contribution is -2.10. The molecule has 0 saturated heterocycles. The first-order chi connectivity index (χ1) is 14.6. The molecule has 1 aliphatic rings. The molecule has 30 heavy (non-hydrogen) atoms. The Morgan fingerprint density at radius 1 is 1.30 bits per heavy atom. The Balaban J connectivity index is 1.68. The Morgan fingerprint density at radius 2 is 2.10 bits per heavy atom. The second-order valence-corrected chi connectivity index (χ2v) is 7.84. The lowest BCUT2D eigenvalue weighted by molar-refractivity contribution is -0.137. The van der Waals surface area contributed by atoms with E-state index in [9.17, 15) is 14.7 Å². The van der Waals surface area contributed by atoms with Gasteiger partial charge in [-0.05, 0) is 31.4 Å². The summed E-state index contributed by atoms with van der Waals surface area (Å²) in [5, 5.41) is 13.3. The van der Waals surface area contributed by atoms with E-state index in [4.69, 9.17) is 9.26 Å². The van der Waals surface area contributed by atoms with Gasteiger partial charge in [-0.15, -0.1) is 0 Å². The Hall–Kier alpha value is -2.77. The first-order valence-electron chi connectivity index (χ1n) is 10.8. The van der Waals surface area contributed by atoms with E-state index in [0.29, 0.717) is 23.6 Å². The predicted molar refractivity (Wildman–Crippen MR) is 109 cm³/mol. The largest absolute Gasteiger partial charge is 0.481 e. The Labute approximate surface area is 176 Å². The zero-order valence-electron chi connectivity index (χ0n) is 17.4. The van der Waals surface area contributed by atoms with E-state index in [2.05, 4.69) is 15.1 Å². The van der Waals surface area contributed by atoms with Crippen LogP contribution in [0.2, 0.25) is 0 Å². The third-order valence-electron chi connectivity index (χ3n) is 5.60. The fourth-order valence-electron chi connectivity index (χ4n) is 4.05. The molecule has 0 spiro atoms. The van der Waals surface area contributed by atoms with Crippen LogP contribution in [0.25, 0.3) is 11.5 Å². The molecule has 1 N–H and O–H groups in total. The number of esters is 1. The van der Waals surface area contributed by atoms with Crippen LogP contribution in [0.15, 0.2) is 22.9 Å². The maximum Gasteiger partial charge on any atom is 0.338 e. The summed E-state index contributed by atoms with van der Waals surface area (Å²) in [6.45, 7) is 2.02. The van der Waals surface area contributed by atoms with Crippen molar-refractivity contribution in [2.45, 2.75) is 70.6 Å². The van der Waals surface area contributed by atoms with Gasteiger partial charge in [0.25, 0.3) is 0 Å². The normalized spacial score (nSPS) is 15.6. The topological polar surface area (TPSA) is 115 Å². The number of carbonyl (C=O) groups is 2. The second-order valence-electron chi connectivity index (χ2n) is 7.84. The van der Waals surface area contributed by atoms with Crippen LogP contribution >= 0.6 is 0 Å². The van der Waals surface area contributed by atoms with Gasteiger partial charge < -0.3 is 14.4 Å². The summed E-state index contributed by atoms with van der Waals surface area (Å²) in [4.78, 5) is 31.9. The van der Waals surface area contributed by atoms with E-state index >= 15 is 0 Å². The van der Waals surface area contributed by atoms with E-state index in [-0.39, 0.29) is 24.8 Å². The van der Waals surface area contributed by atoms with Gasteiger partial charge in [0.1, 0.15) is 5.69 Å². The molecule has 2 aromatic rings. The average Bonchev–Trinajstić information content (AvgIpc) is 3.24. The van der Waals surface area contributed by atoms with Crippen LogP contribution in [-0.2, 0) is 9.53 Å². The van der Waals surface area contributed by atoms with Crippen LogP contribution in [-0.4, -0.2) is 38.8 Å². The summed E-state index contributed by atoms with van der Waals surface area (Å²) in [6.07, 6.45) is 10.7. The molecule has 1 fully saturated rings. The van der Waals surface area contributed by atoms with Crippen LogP contribution in [0.1, 0.15) is 86.9 Å². The summed E-state index contributed by atoms with van der Waals surface area (Å²) in [5.41, 5.74) is 0.731. The number of aromatic nitrogens is 3. The van der Waals surface area contributed by atoms with Gasteiger partial charge in [0.05, 0.1) is 18.6 Å². The fourth-order valence-corrected chi connectivity index (χ4v) is 4.05. The molecule has 8 heteroatoms. The average molecular weight is 415 g/mol. The molecule has 0 aliphatic heterocycles. The highest BCUT2D eigenvalue weighted by atomic mass is 16.5. The summed E-state index contributed by atoms with van der Waals surface area (Å²) in [6, 6.07) is 3.10. The SMILES string of the molecule is CCOC(=O)c1ccnc(-c2noc(C(CCCC3CCCCC3)CC(=O)O)n2)c1. The minimum Gasteiger partial charge on any atom is -0.481 e. The van der Waals surface area contributed by atoms with Crippen molar-refractivity contribution in [3.05, 3.63) is 29.8 Å². The molecule has 0 bridgehead atoms. The van der Waals surface area contributed by atoms with E-state index in [1.807, 2.05) is 0 Å². The number of hydrogen-bond acceptors (Lipinski definition) is 7. The van der Waals surface area contributed by atoms with Crippen LogP contribution in [0.4, 0.5) is 0 Å². The van der Waals surface area contributed by atoms with Gasteiger partial charge in [-0.3, -0.25) is 9.78 Å². The molecule has 162 valence electrons. The summed E-state index contributed by atoms with van der Waals surface area (Å²) in [5.74, 6) is -0.382. The van der Waals surface area contributed by atoms with Crippen LogP contribution in [0.5, 0.6) is 0 Å². The molecular formula is C22H29N3O5. The number of hydrogen-bond donors (Lipinski definition) is 1. The van der Waals surface area contributed by atoms with E-state index in [1.54, 1.807) is 19.1 Å². The smallest absolute Gasteiger partial charge is 0.338 e. The monoisotopic (exact) mass is 415 g/mol. The molecular weight excluding hydrogens is 386 g/mol. The molecule has 3 rings (SSSR count). The van der Waals surface area contributed by atoms with E-state index < -0.39 is 11.9 Å². The molecule has 1 unspecified atom stereocenters. The molecule has 1 atom stereocenters. The predicted octanol–water partition coefficient (Wildman–Crippen LogP) is 4.62. The number of nitrogens with zero attached hydrogens (tertiary/aromatic N) is 3. The maximum absolute atomic E-state index is 11.9. The molecule has 1 saturated carbocycles. The van der Waals surface area contributed by atoms with E-state index in [1.165, 1.54) is 38.3 Å². The van der Waals surface area contributed by atoms with Crippen molar-refractivity contribution in [2.75, 3.05) is 6.61 Å². The van der Waals surface area contributed by atoms with Gasteiger partial charge in [-0.25, -0.2) is 4.79 Å². The zero-order valence-corrected chi connectivity index (χ0v) is 17.4. The third-order valence-corrected chi connectivity index (χ3v) is 5.60. The van der Waals surface area contributed by atoms with Crippen LogP contribution < -0.4 is 0 Å². The molecule has 1 aliphatic carbocycles. The van der Waals surface area contributed by atoms with Crippen molar-refractivity contribution in [1.29, 1.82) is 0 Å². The number of carboxylic acids is 1. The second kappa shape index (κ2) is 10.8. The van der Waals surface area contributed by atoms with Gasteiger partial charge in [0, 0.05) is 12.1 Å². The number of aliphatic carboxylic acids is 1. The molecule has 0 amide bonds. The van der Waals surface area contributed by atoms with Gasteiger partial charge in [0.15, 0.2) is 0 Å². The van der Waals surface area contributed by atoms with Crippen molar-refractivity contribution in [3.8, 4) is 11.5 Å². The van der Waals surface area contributed by atoms with Crippen LogP contribution in [0.3, 0.4) is 0 Å². The van der Waals surface area contributed by atoms with Crippen molar-refractivity contribution >= 4 is 11.9 Å². The number of carboxylic acid groups (broad SMARTS) is 1. The molecule has 0 aromatic carbocycles. The van der Waals surface area contributed by atoms with Crippen molar-refractivity contribution in [2.24, 2.45) is 5.92 Å². The lowest BCUT2D eigenvalue weighted by Gasteiger charge is -2.21. The third kappa shape index (κ3) is 6.11. The van der Waals surface area contributed by atoms with Crippen molar-refractivity contribution in [1.82, 2.24) is 15.1 Å². The minimum absolute atomic E-state index is 0.0530. The first-order valence-corrected chi connectivity index (χ1v) is 10.8. The Bertz CT molecular complexity index is 845. The summed E-state index contributed by atoms with van der Waals surface area (Å²) >= 11 is 0. The van der Waals surface area contributed by atoms with Crippen molar-refractivity contribution in [3.63, 3.8) is 0 Å². The quantitative estimate of drug-likeness (QED) is 0.559. The first kappa shape index (κ1) is 21.9. The van der Waals surface area contributed by atoms with E-state index in [0.717, 1.165) is 18.8 Å². The highest BCUT2D eigenvalue weighted by Gasteiger charge is 2.24. The maximum atomic E-state index is 11.9. The molecule has 0 radical (unpaired) electrons. The van der Waals surface area contributed by atoms with Gasteiger partial charge in [-0.2, -0.15) is 4.98 Å². The standard InChI is InChI=1S/C22H29N3O5/c1-2-29-22(28)17-11-12-23-18(13-17)20-24-21(30-25-20)16(14-19(26)27)10-6-9-15-7-4-3-5-8-15/h11-13,15-16H,2-10,14H2,1H3,(H,26,27). The fraction of sp³-hybridized carbons (Fsp3) is 0.591. The van der Waals surface area contributed by atoms with Gasteiger partial charge in [0.2, 0.25) is 11.7 Å². The molecule has 2 aromatic heterocycles. The number of carbonyl (C=O) groups excluding carboxylic acids is 1. The van der Waals surface area contributed by atoms with Gasteiger partial charge >= 0.3 is 11.9 Å². The minimum atomic E-state index is -0.889. The zero-order chi connectivity index (χ0) is 21.3. The lowest BCUT2D eigenvalue weighted by atomic mass is 9.84. The number of pyridine rings is 1. The Morgan fingerprint density at radius 3 is 2.83 bits per heavy atom. The highest BCUT2D eigenvalue weighted by Crippen LogP contribution is 2.31. The summed E-state index contributed by atoms with van der Waals surface area (Å²) < 4.78 is 10.4. The Kier molecular flexibility index (Phi) is 7.93. The van der Waals surface area contributed by atoms with Crippen LogP contribution in [0, 0.1) is 5.92 Å². The van der Waals surface area contributed by atoms with Gasteiger partial charge in [-0.1, -0.05) is 50.1 Å². The molecule has 8 nitrogen and oxygen atoms in total. The number of rotatable bonds is 10. The number of ether oxygens (including phenoxy) is 1.